The molecule has 0 aliphatic heterocycles. The Labute approximate surface area is 101 Å². The van der Waals surface area contributed by atoms with Gasteiger partial charge in [-0.1, -0.05) is 25.4 Å². The van der Waals surface area contributed by atoms with Gasteiger partial charge in [-0.05, 0) is 18.9 Å². The quantitative estimate of drug-likeness (QED) is 0.742. The van der Waals surface area contributed by atoms with E-state index < -0.39 is 0 Å². The molecule has 0 aromatic carbocycles. The normalized spacial score (nSPS) is 11.5. The lowest BCUT2D eigenvalue weighted by Gasteiger charge is -2.31. The van der Waals surface area contributed by atoms with Crippen LogP contribution in [-0.2, 0) is 0 Å². The average Bonchev–Trinajstić information content (AvgIpc) is 2.29. The van der Waals surface area contributed by atoms with Crippen molar-refractivity contribution in [3.05, 3.63) is 17.3 Å². The predicted molar refractivity (Wildman–Crippen MR) is 67.7 cm³/mol. The Kier molecular flexibility index (Phi) is 4.38. The summed E-state index contributed by atoms with van der Waals surface area (Å²) in [6.07, 6.45) is 3.13. The number of nitrogens with zero attached hydrogens (tertiary/aromatic N) is 1. The summed E-state index contributed by atoms with van der Waals surface area (Å²) in [6, 6.07) is 1.64. The second-order valence-corrected chi connectivity index (χ2v) is 4.28. The van der Waals surface area contributed by atoms with Crippen molar-refractivity contribution < 1.29 is 5.11 Å². The number of anilines is 2. The van der Waals surface area contributed by atoms with Crippen LogP contribution < -0.4 is 11.1 Å². The SMILES string of the molecule is CCC(CC)(CO)Nc1ncc(N)cc1Cl. The summed E-state index contributed by atoms with van der Waals surface area (Å²) in [6.45, 7) is 4.07. The van der Waals surface area contributed by atoms with Crippen molar-refractivity contribution in [2.24, 2.45) is 0 Å². The van der Waals surface area contributed by atoms with Crippen molar-refractivity contribution in [2.75, 3.05) is 17.7 Å². The molecule has 0 atom stereocenters. The standard InChI is InChI=1S/C11H18ClN3O/c1-3-11(4-2,7-16)15-10-9(12)5-8(13)6-14-10/h5-6,16H,3-4,7,13H2,1-2H3,(H,14,15). The van der Waals surface area contributed by atoms with Crippen molar-refractivity contribution >= 4 is 23.1 Å². The number of nitrogens with two attached hydrogens (primary N) is 1. The Morgan fingerprint density at radius 1 is 1.50 bits per heavy atom. The Bertz CT molecular complexity index is 345. The molecule has 0 fully saturated rings. The largest absolute Gasteiger partial charge is 0.397 e. The van der Waals surface area contributed by atoms with Gasteiger partial charge in [0.05, 0.1) is 29.1 Å². The molecule has 16 heavy (non-hydrogen) atoms. The Balaban J connectivity index is 2.93. The second-order valence-electron chi connectivity index (χ2n) is 3.87. The van der Waals surface area contributed by atoms with Crippen LogP contribution in [0.1, 0.15) is 26.7 Å². The average molecular weight is 244 g/mol. The third kappa shape index (κ3) is 2.77. The first-order valence-electron chi connectivity index (χ1n) is 5.37. The Hall–Kier alpha value is -1.00. The third-order valence-electron chi connectivity index (χ3n) is 2.90. The smallest absolute Gasteiger partial charge is 0.145 e. The summed E-state index contributed by atoms with van der Waals surface area (Å²) in [7, 11) is 0. The highest BCUT2D eigenvalue weighted by Gasteiger charge is 2.26. The van der Waals surface area contributed by atoms with Gasteiger partial charge in [-0.15, -0.1) is 0 Å². The lowest BCUT2D eigenvalue weighted by atomic mass is 9.94. The van der Waals surface area contributed by atoms with E-state index in [0.717, 1.165) is 12.8 Å². The number of halogens is 1. The molecule has 0 spiro atoms. The Morgan fingerprint density at radius 3 is 2.56 bits per heavy atom. The van der Waals surface area contributed by atoms with Gasteiger partial charge in [-0.3, -0.25) is 0 Å². The molecule has 0 unspecified atom stereocenters. The fraction of sp³-hybridized carbons (Fsp3) is 0.545. The van der Waals surface area contributed by atoms with Gasteiger partial charge in [-0.25, -0.2) is 4.98 Å². The molecule has 1 aromatic rings. The van der Waals surface area contributed by atoms with E-state index in [1.54, 1.807) is 12.3 Å². The molecule has 0 amide bonds. The first-order chi connectivity index (χ1) is 7.56. The van der Waals surface area contributed by atoms with Gasteiger partial charge >= 0.3 is 0 Å². The fourth-order valence-electron chi connectivity index (χ4n) is 1.49. The highest BCUT2D eigenvalue weighted by atomic mass is 35.5. The van der Waals surface area contributed by atoms with E-state index in [0.29, 0.717) is 16.5 Å². The van der Waals surface area contributed by atoms with Gasteiger partial charge in [0.2, 0.25) is 0 Å². The molecule has 1 heterocycles. The summed E-state index contributed by atoms with van der Waals surface area (Å²) in [5, 5.41) is 13.1. The van der Waals surface area contributed by atoms with E-state index in [9.17, 15) is 5.11 Å². The molecule has 0 bridgehead atoms. The first kappa shape index (κ1) is 13.1. The van der Waals surface area contributed by atoms with Gasteiger partial charge in [0.1, 0.15) is 5.82 Å². The van der Waals surface area contributed by atoms with Gasteiger partial charge in [0, 0.05) is 0 Å². The molecule has 5 heteroatoms. The molecule has 1 rings (SSSR count). The highest BCUT2D eigenvalue weighted by molar-refractivity contribution is 6.33. The van der Waals surface area contributed by atoms with Crippen molar-refractivity contribution in [3.63, 3.8) is 0 Å². The highest BCUT2D eigenvalue weighted by Crippen LogP contribution is 2.27. The summed E-state index contributed by atoms with van der Waals surface area (Å²) < 4.78 is 0. The second kappa shape index (κ2) is 5.37. The molecular weight excluding hydrogens is 226 g/mol. The zero-order chi connectivity index (χ0) is 12.2. The molecule has 0 saturated heterocycles. The van der Waals surface area contributed by atoms with Crippen molar-refractivity contribution in [3.8, 4) is 0 Å². The van der Waals surface area contributed by atoms with Crippen LogP contribution in [0.15, 0.2) is 12.3 Å². The van der Waals surface area contributed by atoms with Gasteiger partial charge in [-0.2, -0.15) is 0 Å². The fourth-order valence-corrected chi connectivity index (χ4v) is 1.71. The van der Waals surface area contributed by atoms with Crippen LogP contribution in [0, 0.1) is 0 Å². The summed E-state index contributed by atoms with van der Waals surface area (Å²) >= 11 is 6.02. The number of rotatable bonds is 5. The van der Waals surface area contributed by atoms with Crippen molar-refractivity contribution in [1.82, 2.24) is 4.98 Å². The van der Waals surface area contributed by atoms with Gasteiger partial charge < -0.3 is 16.2 Å². The lowest BCUT2D eigenvalue weighted by Crippen LogP contribution is -2.41. The number of hydrogen-bond acceptors (Lipinski definition) is 4. The minimum absolute atomic E-state index is 0.0440. The lowest BCUT2D eigenvalue weighted by molar-refractivity contribution is 0.202. The van der Waals surface area contributed by atoms with E-state index in [4.69, 9.17) is 17.3 Å². The maximum atomic E-state index is 9.43. The molecule has 1 aromatic heterocycles. The van der Waals surface area contributed by atoms with Crippen LogP contribution in [0.5, 0.6) is 0 Å². The predicted octanol–water partition coefficient (Wildman–Crippen LogP) is 2.28. The van der Waals surface area contributed by atoms with E-state index >= 15 is 0 Å². The molecular formula is C11H18ClN3O. The molecule has 4 nitrogen and oxygen atoms in total. The number of nitrogens with one attached hydrogen (secondary N) is 1. The van der Waals surface area contributed by atoms with E-state index in [1.807, 2.05) is 13.8 Å². The zero-order valence-electron chi connectivity index (χ0n) is 9.63. The summed E-state index contributed by atoms with van der Waals surface area (Å²) in [5.41, 5.74) is 5.72. The topological polar surface area (TPSA) is 71.2 Å². The number of pyridine rings is 1. The van der Waals surface area contributed by atoms with Crippen LogP contribution in [0.3, 0.4) is 0 Å². The monoisotopic (exact) mass is 243 g/mol. The third-order valence-corrected chi connectivity index (χ3v) is 3.19. The maximum absolute atomic E-state index is 9.43. The van der Waals surface area contributed by atoms with Crippen molar-refractivity contribution in [2.45, 2.75) is 32.2 Å². The minimum atomic E-state index is -0.368. The van der Waals surface area contributed by atoms with E-state index in [1.165, 1.54) is 0 Å². The number of aliphatic hydroxyl groups is 1. The molecule has 0 aliphatic carbocycles. The van der Waals surface area contributed by atoms with Gasteiger partial charge in [0.25, 0.3) is 0 Å². The van der Waals surface area contributed by atoms with Crippen LogP contribution in [0.4, 0.5) is 11.5 Å². The summed E-state index contributed by atoms with van der Waals surface area (Å²) in [5.74, 6) is 0.564. The van der Waals surface area contributed by atoms with Gasteiger partial charge in [0.15, 0.2) is 0 Å². The Morgan fingerprint density at radius 2 is 2.12 bits per heavy atom. The van der Waals surface area contributed by atoms with Crippen LogP contribution >= 0.6 is 11.6 Å². The molecule has 0 saturated carbocycles. The molecule has 0 aliphatic rings. The molecule has 0 radical (unpaired) electrons. The maximum Gasteiger partial charge on any atom is 0.145 e. The number of aliphatic hydroxyl groups excluding tert-OH is 1. The molecule has 90 valence electrons. The van der Waals surface area contributed by atoms with Crippen molar-refractivity contribution in [1.29, 1.82) is 0 Å². The minimum Gasteiger partial charge on any atom is -0.397 e. The van der Waals surface area contributed by atoms with E-state index in [2.05, 4.69) is 10.3 Å². The number of nitrogen functional groups attached to an aromatic ring is 1. The zero-order valence-corrected chi connectivity index (χ0v) is 10.4. The summed E-state index contributed by atoms with van der Waals surface area (Å²) in [4.78, 5) is 4.13. The van der Waals surface area contributed by atoms with Crippen LogP contribution in [-0.4, -0.2) is 22.2 Å². The number of aromatic nitrogens is 1. The number of hydrogen-bond donors (Lipinski definition) is 3. The van der Waals surface area contributed by atoms with Crippen LogP contribution in [0.25, 0.3) is 0 Å². The van der Waals surface area contributed by atoms with Crippen LogP contribution in [0.2, 0.25) is 5.02 Å². The first-order valence-corrected chi connectivity index (χ1v) is 5.74. The van der Waals surface area contributed by atoms with E-state index in [-0.39, 0.29) is 12.1 Å². The molecule has 4 N–H and O–H groups in total.